The highest BCUT2D eigenvalue weighted by Crippen LogP contribution is 2.49. The Labute approximate surface area is 367 Å². The fourth-order valence-electron chi connectivity index (χ4n) is 9.40. The van der Waals surface area contributed by atoms with E-state index in [0.717, 1.165) is 55.4 Å². The van der Waals surface area contributed by atoms with Gasteiger partial charge in [-0.25, -0.2) is 15.0 Å². The molecular weight excluding hydrogens is 787 g/mol. The monoisotopic (exact) mass is 821 g/mol. The quantitative estimate of drug-likeness (QED) is 0.168. The van der Waals surface area contributed by atoms with Crippen LogP contribution in [0, 0.1) is 0 Å². The number of fused-ring (bicyclic) bond motifs is 8. The van der Waals surface area contributed by atoms with E-state index < -0.39 is 0 Å². The van der Waals surface area contributed by atoms with Crippen LogP contribution in [-0.2, 0) is 0 Å². The van der Waals surface area contributed by atoms with E-state index in [-0.39, 0.29) is 0 Å². The fourth-order valence-corrected chi connectivity index (χ4v) is 10.5. The van der Waals surface area contributed by atoms with Crippen molar-refractivity contribution in [3.05, 3.63) is 212 Å². The molecule has 0 radical (unpaired) electrons. The van der Waals surface area contributed by atoms with Gasteiger partial charge in [0.15, 0.2) is 17.5 Å². The molecule has 0 saturated heterocycles. The molecule has 294 valence electrons. The van der Waals surface area contributed by atoms with Crippen molar-refractivity contribution in [1.29, 1.82) is 0 Å². The Morgan fingerprint density at radius 3 is 1.63 bits per heavy atom. The van der Waals surface area contributed by atoms with Gasteiger partial charge in [-0.15, -0.1) is 0 Å². The van der Waals surface area contributed by atoms with Gasteiger partial charge in [-0.2, -0.15) is 0 Å². The van der Waals surface area contributed by atoms with Crippen LogP contribution in [0.25, 0.3) is 111 Å². The van der Waals surface area contributed by atoms with Gasteiger partial charge in [0.2, 0.25) is 0 Å². The zero-order valence-corrected chi connectivity index (χ0v) is 34.7. The van der Waals surface area contributed by atoms with Crippen LogP contribution in [0.1, 0.15) is 0 Å². The van der Waals surface area contributed by atoms with Crippen molar-refractivity contribution in [1.82, 2.24) is 24.1 Å². The molecule has 63 heavy (non-hydrogen) atoms. The summed E-state index contributed by atoms with van der Waals surface area (Å²) in [5, 5.41) is 6.01. The maximum atomic E-state index is 5.28. The van der Waals surface area contributed by atoms with E-state index >= 15 is 0 Å². The molecule has 0 amide bonds. The zero-order valence-electron chi connectivity index (χ0n) is 33.9. The summed E-state index contributed by atoms with van der Waals surface area (Å²) in [5.41, 5.74) is 13.2. The van der Waals surface area contributed by atoms with Gasteiger partial charge in [-0.05, 0) is 87.6 Å². The van der Waals surface area contributed by atoms with Crippen LogP contribution >= 0.6 is 11.8 Å². The molecule has 1 aliphatic heterocycles. The van der Waals surface area contributed by atoms with E-state index in [4.69, 9.17) is 15.0 Å². The molecule has 0 N–H and O–H groups in total. The second-order valence-corrected chi connectivity index (χ2v) is 17.1. The van der Waals surface area contributed by atoms with E-state index in [2.05, 4.69) is 215 Å². The molecule has 0 fully saturated rings. The first-order chi connectivity index (χ1) is 31.2. The summed E-state index contributed by atoms with van der Waals surface area (Å²) < 4.78 is 4.89. The molecule has 0 unspecified atom stereocenters. The molecule has 3 aromatic heterocycles. The maximum Gasteiger partial charge on any atom is 0.164 e. The van der Waals surface area contributed by atoms with Crippen LogP contribution < -0.4 is 0 Å². The minimum atomic E-state index is 0.611. The van der Waals surface area contributed by atoms with Gasteiger partial charge in [0.25, 0.3) is 0 Å². The summed E-state index contributed by atoms with van der Waals surface area (Å²) in [6.45, 7) is 0. The van der Waals surface area contributed by atoms with E-state index in [1.54, 1.807) is 0 Å². The van der Waals surface area contributed by atoms with Gasteiger partial charge in [-0.1, -0.05) is 169 Å². The Bertz CT molecular complexity index is 3770. The molecule has 0 bridgehead atoms. The summed E-state index contributed by atoms with van der Waals surface area (Å²) in [4.78, 5) is 18.3. The van der Waals surface area contributed by atoms with Gasteiger partial charge >= 0.3 is 0 Å². The highest BCUT2D eigenvalue weighted by atomic mass is 32.2. The second kappa shape index (κ2) is 14.3. The third-order valence-electron chi connectivity index (χ3n) is 12.3. The summed E-state index contributed by atoms with van der Waals surface area (Å²) in [6.07, 6.45) is 0. The molecule has 5 nitrogen and oxygen atoms in total. The van der Waals surface area contributed by atoms with Gasteiger partial charge in [0.1, 0.15) is 5.65 Å². The third-order valence-corrected chi connectivity index (χ3v) is 13.4. The van der Waals surface area contributed by atoms with Crippen molar-refractivity contribution in [2.75, 3.05) is 0 Å². The summed E-state index contributed by atoms with van der Waals surface area (Å²) in [6, 6.07) is 75.5. The van der Waals surface area contributed by atoms with Crippen molar-refractivity contribution < 1.29 is 0 Å². The topological polar surface area (TPSA) is 48.5 Å². The number of aromatic nitrogens is 5. The first-order valence-corrected chi connectivity index (χ1v) is 22.0. The normalized spacial score (nSPS) is 12.1. The number of para-hydroxylation sites is 3. The highest BCUT2D eigenvalue weighted by molar-refractivity contribution is 7.99. The van der Waals surface area contributed by atoms with E-state index in [1.165, 1.54) is 48.3 Å². The predicted molar refractivity (Wildman–Crippen MR) is 260 cm³/mol. The van der Waals surface area contributed by atoms with Crippen LogP contribution in [-0.4, -0.2) is 24.1 Å². The lowest BCUT2D eigenvalue weighted by molar-refractivity contribution is 1.02. The van der Waals surface area contributed by atoms with E-state index in [1.807, 2.05) is 17.8 Å². The Morgan fingerprint density at radius 2 is 0.873 bits per heavy atom. The Kier molecular flexibility index (Phi) is 8.08. The molecule has 9 aromatic carbocycles. The lowest BCUT2D eigenvalue weighted by atomic mass is 10.00. The number of hydrogen-bond acceptors (Lipinski definition) is 4. The van der Waals surface area contributed by atoms with Gasteiger partial charge in [0.05, 0.1) is 16.7 Å². The van der Waals surface area contributed by atoms with Crippen molar-refractivity contribution in [2.24, 2.45) is 0 Å². The molecule has 12 aromatic rings. The average molecular weight is 822 g/mol. The number of hydrogen-bond donors (Lipinski definition) is 0. The molecule has 0 saturated carbocycles. The second-order valence-electron chi connectivity index (χ2n) is 16.1. The zero-order chi connectivity index (χ0) is 41.4. The predicted octanol–water partition coefficient (Wildman–Crippen LogP) is 14.9. The largest absolute Gasteiger partial charge is 0.295 e. The summed E-state index contributed by atoms with van der Waals surface area (Å²) in [7, 11) is 0. The lowest BCUT2D eigenvalue weighted by Gasteiger charge is -2.21. The minimum Gasteiger partial charge on any atom is -0.295 e. The average Bonchev–Trinajstić information content (AvgIpc) is 3.88. The van der Waals surface area contributed by atoms with Crippen molar-refractivity contribution >= 4 is 55.4 Å². The number of rotatable bonds is 6. The van der Waals surface area contributed by atoms with Crippen LogP contribution in [0.4, 0.5) is 0 Å². The number of nitrogens with zero attached hydrogens (tertiary/aromatic N) is 5. The van der Waals surface area contributed by atoms with Crippen molar-refractivity contribution in [3.63, 3.8) is 0 Å². The molecule has 1 aliphatic rings. The highest BCUT2D eigenvalue weighted by Gasteiger charge is 2.28. The van der Waals surface area contributed by atoms with E-state index in [9.17, 15) is 0 Å². The van der Waals surface area contributed by atoms with Crippen LogP contribution in [0.15, 0.2) is 222 Å². The van der Waals surface area contributed by atoms with Gasteiger partial charge < -0.3 is 0 Å². The minimum absolute atomic E-state index is 0.611. The van der Waals surface area contributed by atoms with E-state index in [0.29, 0.717) is 17.5 Å². The molecular formula is C57H35N5S. The molecule has 13 rings (SSSR count). The standard InChI is InChI=1S/C57H35N5S/c1-3-14-36(15-4-1)38-18-11-19-42(33-38)54-58-55(60-56(59-54)44-31-30-40-32-39(28-29-41(40)34-44)37-16-5-2-6-17-37)43-20-12-21-45(35-43)61-48-24-8-7-22-46(48)52-47-23-13-27-51-53(47)62(57(52)61)49-25-9-10-26-50(49)63-51/h1-35H. The lowest BCUT2D eigenvalue weighted by Crippen LogP contribution is -2.06. The van der Waals surface area contributed by atoms with Crippen LogP contribution in [0.2, 0.25) is 0 Å². The van der Waals surface area contributed by atoms with Crippen molar-refractivity contribution in [2.45, 2.75) is 9.79 Å². The molecule has 0 spiro atoms. The summed E-state index contributed by atoms with van der Waals surface area (Å²) >= 11 is 1.85. The van der Waals surface area contributed by atoms with Gasteiger partial charge in [-0.3, -0.25) is 9.13 Å². The van der Waals surface area contributed by atoms with Gasteiger partial charge in [0, 0.05) is 48.3 Å². The maximum absolute atomic E-state index is 5.28. The molecule has 4 heterocycles. The Morgan fingerprint density at radius 1 is 0.349 bits per heavy atom. The summed E-state index contributed by atoms with van der Waals surface area (Å²) in [5.74, 6) is 1.85. The third kappa shape index (κ3) is 5.83. The first-order valence-electron chi connectivity index (χ1n) is 21.2. The Balaban J connectivity index is 1.01. The smallest absolute Gasteiger partial charge is 0.164 e. The Hall–Kier alpha value is -8.06. The SMILES string of the molecule is c1ccc(-c2cccc(-c3nc(-c4cccc(-n5c6ccccc6c6c7cccc8c7n(c65)-c5ccccc5S8)c4)nc(-c4ccc5cc(-c6ccccc6)ccc5c4)n3)c2)cc1. The fraction of sp³-hybridized carbons (Fsp3) is 0. The van der Waals surface area contributed by atoms with Crippen molar-refractivity contribution in [3.8, 4) is 67.8 Å². The van der Waals surface area contributed by atoms with Crippen LogP contribution in [0.5, 0.6) is 0 Å². The van der Waals surface area contributed by atoms with Crippen LogP contribution in [0.3, 0.4) is 0 Å². The molecule has 0 aliphatic carbocycles. The first kappa shape index (κ1) is 35.7. The number of benzene rings is 9. The molecule has 0 atom stereocenters. The molecule has 6 heteroatoms.